The summed E-state index contributed by atoms with van der Waals surface area (Å²) in [7, 11) is 0. The molecular weight excluding hydrogens is 523 g/mol. The Morgan fingerprint density at radius 1 is 0.946 bits per heavy atom. The average Bonchev–Trinajstić information content (AvgIpc) is 3.30. The number of nitrogens with one attached hydrogen (secondary N) is 2. The number of benzene rings is 3. The molecule has 0 saturated carbocycles. The maximum absolute atomic E-state index is 13.9. The number of halogens is 4. The van der Waals surface area contributed by atoms with Crippen molar-refractivity contribution < 1.29 is 18.4 Å². The number of nitrogens with zero attached hydrogens (tertiary/aromatic N) is 3. The predicted octanol–water partition coefficient (Wildman–Crippen LogP) is 6.62. The smallest absolute Gasteiger partial charge is 0.315 e. The minimum absolute atomic E-state index is 0.156. The first-order chi connectivity index (χ1) is 17.7. The molecule has 0 radical (unpaired) electrons. The first-order valence-corrected chi connectivity index (χ1v) is 11.9. The molecule has 190 valence electrons. The summed E-state index contributed by atoms with van der Waals surface area (Å²) in [5.41, 5.74) is 1.78. The zero-order valence-electron chi connectivity index (χ0n) is 19.5. The second-order valence-corrected chi connectivity index (χ2v) is 8.72. The van der Waals surface area contributed by atoms with Crippen molar-refractivity contribution in [3.63, 3.8) is 0 Å². The number of hydrogen-bond acceptors (Lipinski definition) is 3. The standard InChI is InChI=1S/C26H21Cl2F2N5O2/c1-2-34(26(37)31-22-11-8-17(29)12-21(22)30)15-25(36)32-24-14-23(16-6-4-3-5-7-16)33-35(24)18-9-10-19(27)20(28)13-18/h3-14H,2,15H2,1H3,(H,31,37)(H,32,36). The molecule has 2 N–H and O–H groups in total. The van der Waals surface area contributed by atoms with Crippen LogP contribution in [0.1, 0.15) is 6.92 Å². The Balaban J connectivity index is 1.56. The van der Waals surface area contributed by atoms with E-state index in [1.54, 1.807) is 31.2 Å². The summed E-state index contributed by atoms with van der Waals surface area (Å²) < 4.78 is 28.6. The number of urea groups is 1. The molecule has 11 heteroatoms. The highest BCUT2D eigenvalue weighted by molar-refractivity contribution is 6.42. The van der Waals surface area contributed by atoms with Crippen molar-refractivity contribution in [2.45, 2.75) is 6.92 Å². The maximum Gasteiger partial charge on any atom is 0.322 e. The van der Waals surface area contributed by atoms with Crippen molar-refractivity contribution in [3.8, 4) is 16.9 Å². The van der Waals surface area contributed by atoms with Crippen LogP contribution in [-0.4, -0.2) is 39.7 Å². The molecule has 0 unspecified atom stereocenters. The van der Waals surface area contributed by atoms with Crippen LogP contribution in [0, 0.1) is 11.6 Å². The van der Waals surface area contributed by atoms with Crippen LogP contribution in [0.15, 0.2) is 72.8 Å². The first-order valence-electron chi connectivity index (χ1n) is 11.2. The normalized spacial score (nSPS) is 10.7. The number of anilines is 2. The van der Waals surface area contributed by atoms with Crippen LogP contribution in [-0.2, 0) is 4.79 Å². The van der Waals surface area contributed by atoms with Crippen molar-refractivity contribution in [3.05, 3.63) is 94.5 Å². The Kier molecular flexibility index (Phi) is 8.05. The van der Waals surface area contributed by atoms with Gasteiger partial charge in [-0.1, -0.05) is 53.5 Å². The van der Waals surface area contributed by atoms with Gasteiger partial charge in [-0.15, -0.1) is 0 Å². The fourth-order valence-electron chi connectivity index (χ4n) is 3.50. The average molecular weight is 544 g/mol. The summed E-state index contributed by atoms with van der Waals surface area (Å²) in [4.78, 5) is 26.8. The van der Waals surface area contributed by atoms with E-state index < -0.39 is 23.6 Å². The molecule has 0 aliphatic heterocycles. The van der Waals surface area contributed by atoms with E-state index in [2.05, 4.69) is 15.7 Å². The molecule has 0 aliphatic carbocycles. The third kappa shape index (κ3) is 6.25. The molecule has 37 heavy (non-hydrogen) atoms. The third-order valence-corrected chi connectivity index (χ3v) is 6.11. The number of amides is 3. The topological polar surface area (TPSA) is 79.3 Å². The number of hydrogen-bond donors (Lipinski definition) is 2. The van der Waals surface area contributed by atoms with Crippen LogP contribution in [0.3, 0.4) is 0 Å². The SMILES string of the molecule is CCN(CC(=O)Nc1cc(-c2ccccc2)nn1-c1ccc(Cl)c(Cl)c1)C(=O)Nc1ccc(F)cc1F. The summed E-state index contributed by atoms with van der Waals surface area (Å²) in [6.07, 6.45) is 0. The van der Waals surface area contributed by atoms with Gasteiger partial charge in [0, 0.05) is 24.2 Å². The van der Waals surface area contributed by atoms with Crippen molar-refractivity contribution in [1.82, 2.24) is 14.7 Å². The lowest BCUT2D eigenvalue weighted by atomic mass is 10.1. The molecule has 0 bridgehead atoms. The van der Waals surface area contributed by atoms with Crippen LogP contribution in [0.5, 0.6) is 0 Å². The minimum atomic E-state index is -0.923. The summed E-state index contributed by atoms with van der Waals surface area (Å²) in [6.45, 7) is 1.49. The lowest BCUT2D eigenvalue weighted by Crippen LogP contribution is -2.40. The highest BCUT2D eigenvalue weighted by Gasteiger charge is 2.20. The Morgan fingerprint density at radius 2 is 1.70 bits per heavy atom. The summed E-state index contributed by atoms with van der Waals surface area (Å²) in [6, 6.07) is 18.1. The molecule has 0 aliphatic rings. The van der Waals surface area contributed by atoms with E-state index in [9.17, 15) is 18.4 Å². The molecule has 7 nitrogen and oxygen atoms in total. The van der Waals surface area contributed by atoms with Crippen LogP contribution >= 0.6 is 23.2 Å². The van der Waals surface area contributed by atoms with Crippen molar-refractivity contribution >= 4 is 46.6 Å². The summed E-state index contributed by atoms with van der Waals surface area (Å²) in [5.74, 6) is -1.87. The molecule has 0 atom stereocenters. The zero-order chi connectivity index (χ0) is 26.5. The third-order valence-electron chi connectivity index (χ3n) is 5.37. The van der Waals surface area contributed by atoms with Crippen LogP contribution in [0.2, 0.25) is 10.0 Å². The van der Waals surface area contributed by atoms with Gasteiger partial charge in [0.25, 0.3) is 0 Å². The van der Waals surface area contributed by atoms with Gasteiger partial charge in [0.15, 0.2) is 0 Å². The molecule has 3 amide bonds. The molecule has 4 aromatic rings. The highest BCUT2D eigenvalue weighted by Crippen LogP contribution is 2.29. The van der Waals surface area contributed by atoms with E-state index in [1.165, 1.54) is 9.58 Å². The van der Waals surface area contributed by atoms with Gasteiger partial charge in [-0.2, -0.15) is 5.10 Å². The molecular formula is C26H21Cl2F2N5O2. The number of carbonyl (C=O) groups is 2. The van der Waals surface area contributed by atoms with Gasteiger partial charge in [0.1, 0.15) is 24.0 Å². The fraction of sp³-hybridized carbons (Fsp3) is 0.115. The van der Waals surface area contributed by atoms with Gasteiger partial charge in [-0.05, 0) is 37.3 Å². The van der Waals surface area contributed by atoms with E-state index in [0.717, 1.165) is 17.7 Å². The number of carbonyl (C=O) groups excluding carboxylic acids is 2. The van der Waals surface area contributed by atoms with Crippen LogP contribution < -0.4 is 10.6 Å². The van der Waals surface area contributed by atoms with Crippen LogP contribution in [0.25, 0.3) is 16.9 Å². The van der Waals surface area contributed by atoms with Gasteiger partial charge >= 0.3 is 6.03 Å². The lowest BCUT2D eigenvalue weighted by Gasteiger charge is -2.21. The molecule has 4 rings (SSSR count). The van der Waals surface area contributed by atoms with Gasteiger partial charge < -0.3 is 15.5 Å². The van der Waals surface area contributed by atoms with E-state index in [0.29, 0.717) is 33.3 Å². The van der Waals surface area contributed by atoms with Gasteiger partial charge in [-0.3, -0.25) is 4.79 Å². The van der Waals surface area contributed by atoms with E-state index >= 15 is 0 Å². The monoisotopic (exact) mass is 543 g/mol. The number of likely N-dealkylation sites (N-methyl/N-ethyl adjacent to an activating group) is 1. The molecule has 1 heterocycles. The first kappa shape index (κ1) is 26.1. The largest absolute Gasteiger partial charge is 0.322 e. The number of rotatable bonds is 7. The zero-order valence-corrected chi connectivity index (χ0v) is 21.0. The van der Waals surface area contributed by atoms with Crippen molar-refractivity contribution in [2.24, 2.45) is 0 Å². The van der Waals surface area contributed by atoms with E-state index in [-0.39, 0.29) is 18.8 Å². The maximum atomic E-state index is 13.9. The van der Waals surface area contributed by atoms with Gasteiger partial charge in [-0.25, -0.2) is 18.3 Å². The Bertz CT molecular complexity index is 1450. The molecule has 0 fully saturated rings. The van der Waals surface area contributed by atoms with Crippen LogP contribution in [0.4, 0.5) is 25.1 Å². The number of aromatic nitrogens is 2. The van der Waals surface area contributed by atoms with E-state index in [4.69, 9.17) is 23.2 Å². The van der Waals surface area contributed by atoms with Crippen molar-refractivity contribution in [2.75, 3.05) is 23.7 Å². The Morgan fingerprint density at radius 3 is 2.38 bits per heavy atom. The summed E-state index contributed by atoms with van der Waals surface area (Å²) in [5, 5.41) is 10.4. The second-order valence-electron chi connectivity index (χ2n) is 7.91. The fourth-order valence-corrected chi connectivity index (χ4v) is 3.79. The molecule has 3 aromatic carbocycles. The predicted molar refractivity (Wildman–Crippen MR) is 140 cm³/mol. The minimum Gasteiger partial charge on any atom is -0.315 e. The van der Waals surface area contributed by atoms with E-state index in [1.807, 2.05) is 30.3 Å². The molecule has 1 aromatic heterocycles. The molecule has 0 saturated heterocycles. The lowest BCUT2D eigenvalue weighted by molar-refractivity contribution is -0.116. The van der Waals surface area contributed by atoms with Gasteiger partial charge in [0.05, 0.1) is 27.1 Å². The van der Waals surface area contributed by atoms with Crippen molar-refractivity contribution in [1.29, 1.82) is 0 Å². The molecule has 0 spiro atoms. The Labute approximate surface area is 221 Å². The second kappa shape index (κ2) is 11.4. The summed E-state index contributed by atoms with van der Waals surface area (Å²) >= 11 is 12.3. The van der Waals surface area contributed by atoms with Gasteiger partial charge in [0.2, 0.25) is 5.91 Å². The quantitative estimate of drug-likeness (QED) is 0.275. The Hall–Kier alpha value is -3.95. The highest BCUT2D eigenvalue weighted by atomic mass is 35.5.